The van der Waals surface area contributed by atoms with Crippen LogP contribution < -0.4 is 10.2 Å². The molecule has 148 valence electrons. The molecule has 0 spiro atoms. The van der Waals surface area contributed by atoms with E-state index in [1.54, 1.807) is 18.3 Å². The van der Waals surface area contributed by atoms with E-state index in [4.69, 9.17) is 4.74 Å². The number of nitriles is 1. The number of hydrogen-bond donors (Lipinski definition) is 1. The SMILES string of the molecule is CCOc1ccccc1-c1sc2c(NN=Cc3ccc(F)cc3)ncnc2c1C#N. The smallest absolute Gasteiger partial charge is 0.167 e. The van der Waals surface area contributed by atoms with Crippen molar-refractivity contribution in [2.75, 3.05) is 12.0 Å². The maximum atomic E-state index is 13.0. The number of nitrogens with zero attached hydrogens (tertiary/aromatic N) is 4. The monoisotopic (exact) mass is 417 g/mol. The number of rotatable bonds is 6. The molecule has 0 amide bonds. The minimum atomic E-state index is -0.305. The van der Waals surface area contributed by atoms with Crippen molar-refractivity contribution in [2.45, 2.75) is 6.92 Å². The molecular weight excluding hydrogens is 401 g/mol. The summed E-state index contributed by atoms with van der Waals surface area (Å²) in [6.45, 7) is 2.44. The number of nitrogens with one attached hydrogen (secondary N) is 1. The number of anilines is 1. The van der Waals surface area contributed by atoms with Gasteiger partial charge in [0.25, 0.3) is 0 Å². The van der Waals surface area contributed by atoms with Crippen LogP contribution in [0.1, 0.15) is 18.1 Å². The van der Waals surface area contributed by atoms with E-state index in [1.165, 1.54) is 29.8 Å². The summed E-state index contributed by atoms with van der Waals surface area (Å²) >= 11 is 1.40. The Morgan fingerprint density at radius 2 is 2.00 bits per heavy atom. The van der Waals surface area contributed by atoms with Crippen molar-refractivity contribution in [1.29, 1.82) is 5.26 Å². The quantitative estimate of drug-likeness (QED) is 0.344. The highest BCUT2D eigenvalue weighted by Crippen LogP contribution is 2.43. The molecule has 0 aliphatic rings. The topological polar surface area (TPSA) is 83.2 Å². The van der Waals surface area contributed by atoms with E-state index in [0.29, 0.717) is 34.0 Å². The van der Waals surface area contributed by atoms with Gasteiger partial charge in [-0.25, -0.2) is 14.4 Å². The van der Waals surface area contributed by atoms with Gasteiger partial charge in [-0.2, -0.15) is 10.4 Å². The number of aromatic nitrogens is 2. The molecule has 0 saturated carbocycles. The number of fused-ring (bicyclic) bond motifs is 1. The standard InChI is InChI=1S/C22H16FN5OS/c1-2-29-18-6-4-3-5-16(18)20-17(11-24)19-21(30-20)22(26-13-25-19)28-27-12-14-7-9-15(23)10-8-14/h3-10,12-13H,2H2,1H3,(H,25,26,28). The van der Waals surface area contributed by atoms with Crippen molar-refractivity contribution < 1.29 is 9.13 Å². The van der Waals surface area contributed by atoms with Crippen molar-refractivity contribution in [2.24, 2.45) is 5.10 Å². The molecule has 0 saturated heterocycles. The van der Waals surface area contributed by atoms with E-state index >= 15 is 0 Å². The summed E-state index contributed by atoms with van der Waals surface area (Å²) in [5.41, 5.74) is 5.50. The first-order chi connectivity index (χ1) is 14.7. The van der Waals surface area contributed by atoms with Crippen LogP contribution in [0.25, 0.3) is 20.7 Å². The lowest BCUT2D eigenvalue weighted by Crippen LogP contribution is -1.95. The zero-order valence-corrected chi connectivity index (χ0v) is 16.8. The van der Waals surface area contributed by atoms with Gasteiger partial charge in [-0.15, -0.1) is 11.3 Å². The Labute approximate surface area is 176 Å². The Balaban J connectivity index is 1.74. The average Bonchev–Trinajstić information content (AvgIpc) is 3.15. The lowest BCUT2D eigenvalue weighted by Gasteiger charge is -2.08. The van der Waals surface area contributed by atoms with Crippen LogP contribution in [0, 0.1) is 17.1 Å². The van der Waals surface area contributed by atoms with Crippen molar-refractivity contribution in [3.05, 3.63) is 71.8 Å². The van der Waals surface area contributed by atoms with E-state index in [1.807, 2.05) is 31.2 Å². The van der Waals surface area contributed by atoms with Gasteiger partial charge in [-0.1, -0.05) is 24.3 Å². The number of para-hydroxylation sites is 1. The molecule has 4 aromatic rings. The molecule has 2 heterocycles. The van der Waals surface area contributed by atoms with Gasteiger partial charge in [-0.05, 0) is 36.8 Å². The molecule has 0 aliphatic heterocycles. The zero-order chi connectivity index (χ0) is 20.9. The van der Waals surface area contributed by atoms with Crippen LogP contribution in [0.4, 0.5) is 10.2 Å². The fourth-order valence-corrected chi connectivity index (χ4v) is 4.11. The molecule has 0 bridgehead atoms. The van der Waals surface area contributed by atoms with Gasteiger partial charge < -0.3 is 4.74 Å². The molecule has 4 rings (SSSR count). The Hall–Kier alpha value is -3.83. The highest BCUT2D eigenvalue weighted by atomic mass is 32.1. The molecule has 0 unspecified atom stereocenters. The summed E-state index contributed by atoms with van der Waals surface area (Å²) in [5, 5.41) is 14.0. The maximum absolute atomic E-state index is 13.0. The van der Waals surface area contributed by atoms with E-state index in [0.717, 1.165) is 16.0 Å². The van der Waals surface area contributed by atoms with Gasteiger partial charge in [0, 0.05) is 5.56 Å². The van der Waals surface area contributed by atoms with E-state index in [9.17, 15) is 9.65 Å². The molecule has 2 aromatic heterocycles. The summed E-state index contributed by atoms with van der Waals surface area (Å²) in [6, 6.07) is 15.8. The first-order valence-corrected chi connectivity index (χ1v) is 9.97. The normalized spacial score (nSPS) is 11.0. The van der Waals surface area contributed by atoms with Crippen molar-refractivity contribution >= 4 is 33.6 Å². The number of thiophene rings is 1. The number of hydrazone groups is 1. The second-order valence-corrected chi connectivity index (χ2v) is 7.19. The summed E-state index contributed by atoms with van der Waals surface area (Å²) < 4.78 is 19.5. The third kappa shape index (κ3) is 3.83. The highest BCUT2D eigenvalue weighted by Gasteiger charge is 2.20. The minimum absolute atomic E-state index is 0.305. The van der Waals surface area contributed by atoms with Crippen molar-refractivity contribution in [1.82, 2.24) is 9.97 Å². The van der Waals surface area contributed by atoms with Crippen molar-refractivity contribution in [3.8, 4) is 22.3 Å². The molecule has 1 N–H and O–H groups in total. The lowest BCUT2D eigenvalue weighted by atomic mass is 10.1. The molecule has 2 aromatic carbocycles. The van der Waals surface area contributed by atoms with Crippen LogP contribution in [-0.4, -0.2) is 22.8 Å². The second kappa shape index (κ2) is 8.68. The van der Waals surface area contributed by atoms with Crippen LogP contribution >= 0.6 is 11.3 Å². The molecule has 0 radical (unpaired) electrons. The Morgan fingerprint density at radius 3 is 2.77 bits per heavy atom. The van der Waals surface area contributed by atoms with Crippen molar-refractivity contribution in [3.63, 3.8) is 0 Å². The summed E-state index contributed by atoms with van der Waals surface area (Å²) in [5.74, 6) is 0.889. The first kappa shape index (κ1) is 19.5. The highest BCUT2D eigenvalue weighted by molar-refractivity contribution is 7.23. The molecule has 30 heavy (non-hydrogen) atoms. The zero-order valence-electron chi connectivity index (χ0n) is 16.0. The van der Waals surface area contributed by atoms with Crippen LogP contribution in [0.3, 0.4) is 0 Å². The van der Waals surface area contributed by atoms with Crippen LogP contribution in [0.15, 0.2) is 60.0 Å². The lowest BCUT2D eigenvalue weighted by molar-refractivity contribution is 0.341. The van der Waals surface area contributed by atoms with Gasteiger partial charge in [0.2, 0.25) is 0 Å². The summed E-state index contributed by atoms with van der Waals surface area (Å²) in [7, 11) is 0. The number of benzene rings is 2. The Bertz CT molecular complexity index is 1260. The van der Waals surface area contributed by atoms with Crippen LogP contribution in [-0.2, 0) is 0 Å². The Morgan fingerprint density at radius 1 is 1.20 bits per heavy atom. The van der Waals surface area contributed by atoms with Gasteiger partial charge >= 0.3 is 0 Å². The minimum Gasteiger partial charge on any atom is -0.493 e. The predicted octanol–water partition coefficient (Wildman–Crippen LogP) is 5.21. The van der Waals surface area contributed by atoms with Gasteiger partial charge in [0.15, 0.2) is 5.82 Å². The van der Waals surface area contributed by atoms with Gasteiger partial charge in [0.1, 0.15) is 29.5 Å². The fourth-order valence-electron chi connectivity index (χ4n) is 2.93. The molecule has 8 heteroatoms. The molecular formula is C22H16FN5OS. The van der Waals surface area contributed by atoms with Gasteiger partial charge in [0.05, 0.1) is 28.0 Å². The molecule has 0 aliphatic carbocycles. The number of halogens is 1. The van der Waals surface area contributed by atoms with E-state index < -0.39 is 0 Å². The predicted molar refractivity (Wildman–Crippen MR) is 116 cm³/mol. The average molecular weight is 417 g/mol. The molecule has 6 nitrogen and oxygen atoms in total. The number of hydrogen-bond acceptors (Lipinski definition) is 7. The fraction of sp³-hybridized carbons (Fsp3) is 0.0909. The summed E-state index contributed by atoms with van der Waals surface area (Å²) in [4.78, 5) is 9.35. The third-order valence-corrected chi connectivity index (χ3v) is 5.49. The second-order valence-electron chi connectivity index (χ2n) is 6.17. The molecule has 0 fully saturated rings. The molecule has 0 atom stereocenters. The summed E-state index contributed by atoms with van der Waals surface area (Å²) in [6.07, 6.45) is 2.96. The Kier molecular flexibility index (Phi) is 5.63. The third-order valence-electron chi connectivity index (χ3n) is 4.27. The maximum Gasteiger partial charge on any atom is 0.167 e. The van der Waals surface area contributed by atoms with Crippen LogP contribution in [0.2, 0.25) is 0 Å². The van der Waals surface area contributed by atoms with E-state index in [2.05, 4.69) is 26.6 Å². The number of ether oxygens (including phenoxy) is 1. The largest absolute Gasteiger partial charge is 0.493 e. The van der Waals surface area contributed by atoms with Gasteiger partial charge in [-0.3, -0.25) is 5.43 Å². The first-order valence-electron chi connectivity index (χ1n) is 9.15. The van der Waals surface area contributed by atoms with E-state index in [-0.39, 0.29) is 5.82 Å². The van der Waals surface area contributed by atoms with Crippen LogP contribution in [0.5, 0.6) is 5.75 Å².